The van der Waals surface area contributed by atoms with E-state index in [9.17, 15) is 8.78 Å². The molecule has 2 aromatic rings. The molecule has 1 heterocycles. The molecule has 1 fully saturated rings. The van der Waals surface area contributed by atoms with Crippen molar-refractivity contribution in [1.82, 2.24) is 9.55 Å². The second kappa shape index (κ2) is 4.55. The lowest BCUT2D eigenvalue weighted by Gasteiger charge is -2.27. The average Bonchev–Trinajstić information content (AvgIpc) is 2.75. The number of imidazole rings is 1. The Balaban J connectivity index is 1.97. The van der Waals surface area contributed by atoms with Crippen LogP contribution in [0.4, 0.5) is 8.78 Å². The van der Waals surface area contributed by atoms with Crippen molar-refractivity contribution in [1.29, 1.82) is 5.26 Å². The predicted octanol–water partition coefficient (Wildman–Crippen LogP) is 3.74. The highest BCUT2D eigenvalue weighted by Gasteiger charge is 2.36. The molecule has 3 rings (SSSR count). The Morgan fingerprint density at radius 3 is 2.70 bits per heavy atom. The minimum Gasteiger partial charge on any atom is -0.331 e. The summed E-state index contributed by atoms with van der Waals surface area (Å²) < 4.78 is 28.4. The molecule has 104 valence electrons. The number of fused-ring (bicyclic) bond motifs is 1. The van der Waals surface area contributed by atoms with Crippen LogP contribution in [0.15, 0.2) is 18.2 Å². The molecular weight excluding hydrogens is 260 g/mol. The van der Waals surface area contributed by atoms with Crippen molar-refractivity contribution in [2.45, 2.75) is 37.5 Å². The lowest BCUT2D eigenvalue weighted by atomic mass is 9.86. The zero-order valence-corrected chi connectivity index (χ0v) is 11.2. The Hall–Kier alpha value is -1.96. The molecule has 20 heavy (non-hydrogen) atoms. The maximum Gasteiger partial charge on any atom is 0.248 e. The third-order valence-electron chi connectivity index (χ3n) is 4.13. The monoisotopic (exact) mass is 275 g/mol. The van der Waals surface area contributed by atoms with Gasteiger partial charge in [-0.1, -0.05) is 0 Å². The van der Waals surface area contributed by atoms with Crippen LogP contribution < -0.4 is 0 Å². The van der Waals surface area contributed by atoms with Crippen LogP contribution in [0, 0.1) is 11.3 Å². The molecule has 0 bridgehead atoms. The number of aryl methyl sites for hydroxylation is 1. The van der Waals surface area contributed by atoms with E-state index in [2.05, 4.69) is 11.1 Å². The molecule has 0 radical (unpaired) electrons. The Bertz CT molecular complexity index is 687. The van der Waals surface area contributed by atoms with Gasteiger partial charge in [-0.2, -0.15) is 5.26 Å². The number of hydrogen-bond acceptors (Lipinski definition) is 2. The average molecular weight is 275 g/mol. The van der Waals surface area contributed by atoms with Gasteiger partial charge in [-0.15, -0.1) is 0 Å². The van der Waals surface area contributed by atoms with Crippen LogP contribution in [0.3, 0.4) is 0 Å². The third-order valence-corrected chi connectivity index (χ3v) is 4.13. The highest BCUT2D eigenvalue weighted by Crippen LogP contribution is 2.41. The summed E-state index contributed by atoms with van der Waals surface area (Å²) in [6.45, 7) is 0. The van der Waals surface area contributed by atoms with Gasteiger partial charge in [-0.3, -0.25) is 0 Å². The van der Waals surface area contributed by atoms with E-state index >= 15 is 0 Å². The molecule has 1 aliphatic carbocycles. The summed E-state index contributed by atoms with van der Waals surface area (Å²) in [7, 11) is 1.91. The number of nitriles is 1. The van der Waals surface area contributed by atoms with Gasteiger partial charge >= 0.3 is 0 Å². The summed E-state index contributed by atoms with van der Waals surface area (Å²) in [5, 5.41) is 8.91. The summed E-state index contributed by atoms with van der Waals surface area (Å²) in [6, 6.07) is 7.45. The normalized spacial score (nSPS) is 19.1. The SMILES string of the molecule is Cn1c(C2CCC(F)(F)CC2)nc2cc(C#N)ccc21. The Kier molecular flexibility index (Phi) is 2.97. The zero-order chi connectivity index (χ0) is 14.3. The molecule has 1 aliphatic rings. The van der Waals surface area contributed by atoms with Crippen molar-refractivity contribution in [2.24, 2.45) is 7.05 Å². The van der Waals surface area contributed by atoms with Crippen molar-refractivity contribution in [3.05, 3.63) is 29.6 Å². The molecule has 1 aromatic heterocycles. The van der Waals surface area contributed by atoms with Crippen molar-refractivity contribution in [3.8, 4) is 6.07 Å². The fraction of sp³-hybridized carbons (Fsp3) is 0.467. The van der Waals surface area contributed by atoms with Crippen LogP contribution in [0.1, 0.15) is 43.0 Å². The highest BCUT2D eigenvalue weighted by molar-refractivity contribution is 5.77. The van der Waals surface area contributed by atoms with Gasteiger partial charge in [0.15, 0.2) is 0 Å². The highest BCUT2D eigenvalue weighted by atomic mass is 19.3. The van der Waals surface area contributed by atoms with Crippen molar-refractivity contribution in [2.75, 3.05) is 0 Å². The third kappa shape index (κ3) is 2.15. The number of benzene rings is 1. The van der Waals surface area contributed by atoms with E-state index in [1.165, 1.54) is 0 Å². The first-order valence-electron chi connectivity index (χ1n) is 6.74. The maximum absolute atomic E-state index is 13.2. The van der Waals surface area contributed by atoms with E-state index in [-0.39, 0.29) is 18.8 Å². The van der Waals surface area contributed by atoms with Crippen LogP contribution in [-0.2, 0) is 7.05 Å². The van der Waals surface area contributed by atoms with Gasteiger partial charge in [0.2, 0.25) is 5.92 Å². The van der Waals surface area contributed by atoms with E-state index in [0.717, 1.165) is 16.9 Å². The van der Waals surface area contributed by atoms with Gasteiger partial charge in [0.05, 0.1) is 22.7 Å². The molecule has 1 saturated carbocycles. The van der Waals surface area contributed by atoms with Gasteiger partial charge in [0.1, 0.15) is 5.82 Å². The molecule has 0 unspecified atom stereocenters. The Labute approximate surface area is 115 Å². The summed E-state index contributed by atoms with van der Waals surface area (Å²) >= 11 is 0. The predicted molar refractivity (Wildman–Crippen MR) is 71.6 cm³/mol. The fourth-order valence-corrected chi connectivity index (χ4v) is 2.95. The number of rotatable bonds is 1. The first-order valence-corrected chi connectivity index (χ1v) is 6.74. The molecule has 0 amide bonds. The largest absolute Gasteiger partial charge is 0.331 e. The number of hydrogen-bond donors (Lipinski definition) is 0. The van der Waals surface area contributed by atoms with E-state index in [4.69, 9.17) is 5.26 Å². The van der Waals surface area contributed by atoms with Gasteiger partial charge in [0.25, 0.3) is 0 Å². The first-order chi connectivity index (χ1) is 9.50. The number of nitrogens with zero attached hydrogens (tertiary/aromatic N) is 3. The quantitative estimate of drug-likeness (QED) is 0.795. The summed E-state index contributed by atoms with van der Waals surface area (Å²) in [4.78, 5) is 4.56. The van der Waals surface area contributed by atoms with Gasteiger partial charge in [0, 0.05) is 25.8 Å². The molecule has 3 nitrogen and oxygen atoms in total. The molecule has 0 N–H and O–H groups in total. The standard InChI is InChI=1S/C15H15F2N3/c1-20-13-3-2-10(9-18)8-12(13)19-14(20)11-4-6-15(16,17)7-5-11/h2-3,8,11H,4-7H2,1H3. The lowest BCUT2D eigenvalue weighted by molar-refractivity contribution is -0.0389. The molecule has 0 atom stereocenters. The molecule has 0 spiro atoms. The molecule has 0 aliphatic heterocycles. The van der Waals surface area contributed by atoms with Gasteiger partial charge in [-0.05, 0) is 31.0 Å². The van der Waals surface area contributed by atoms with E-state index < -0.39 is 5.92 Å². The van der Waals surface area contributed by atoms with Crippen LogP contribution in [-0.4, -0.2) is 15.5 Å². The van der Waals surface area contributed by atoms with Crippen molar-refractivity contribution < 1.29 is 8.78 Å². The van der Waals surface area contributed by atoms with Crippen LogP contribution in [0.25, 0.3) is 11.0 Å². The Morgan fingerprint density at radius 2 is 2.05 bits per heavy atom. The first kappa shape index (κ1) is 13.0. The van der Waals surface area contributed by atoms with E-state index in [1.54, 1.807) is 12.1 Å². The van der Waals surface area contributed by atoms with E-state index in [1.807, 2.05) is 17.7 Å². The molecule has 5 heteroatoms. The Morgan fingerprint density at radius 1 is 1.35 bits per heavy atom. The van der Waals surface area contributed by atoms with Crippen LogP contribution in [0.2, 0.25) is 0 Å². The smallest absolute Gasteiger partial charge is 0.248 e. The minimum absolute atomic E-state index is 0.0652. The summed E-state index contributed by atoms with van der Waals surface area (Å²) in [5.41, 5.74) is 2.27. The summed E-state index contributed by atoms with van der Waals surface area (Å²) in [6.07, 6.45) is 0.805. The van der Waals surface area contributed by atoms with Crippen molar-refractivity contribution in [3.63, 3.8) is 0 Å². The second-order valence-corrected chi connectivity index (χ2v) is 5.47. The van der Waals surface area contributed by atoms with Crippen LogP contribution in [0.5, 0.6) is 0 Å². The van der Waals surface area contributed by atoms with Crippen molar-refractivity contribution >= 4 is 11.0 Å². The summed E-state index contributed by atoms with van der Waals surface area (Å²) in [5.74, 6) is -1.59. The number of aromatic nitrogens is 2. The van der Waals surface area contributed by atoms with Gasteiger partial charge < -0.3 is 4.57 Å². The van der Waals surface area contributed by atoms with Gasteiger partial charge in [-0.25, -0.2) is 13.8 Å². The minimum atomic E-state index is -2.52. The molecule has 1 aromatic carbocycles. The number of halogens is 2. The molecular formula is C15H15F2N3. The van der Waals surface area contributed by atoms with E-state index in [0.29, 0.717) is 18.4 Å². The van der Waals surface area contributed by atoms with Crippen LogP contribution >= 0.6 is 0 Å². The number of alkyl halides is 2. The zero-order valence-electron chi connectivity index (χ0n) is 11.2. The maximum atomic E-state index is 13.2. The lowest BCUT2D eigenvalue weighted by Crippen LogP contribution is -2.24. The fourth-order valence-electron chi connectivity index (χ4n) is 2.95. The second-order valence-electron chi connectivity index (χ2n) is 5.47. The topological polar surface area (TPSA) is 41.6 Å². The molecule has 0 saturated heterocycles.